The van der Waals surface area contributed by atoms with Gasteiger partial charge in [0, 0.05) is 25.1 Å². The van der Waals surface area contributed by atoms with Gasteiger partial charge in [0.1, 0.15) is 0 Å². The van der Waals surface area contributed by atoms with Gasteiger partial charge in [0.15, 0.2) is 0 Å². The van der Waals surface area contributed by atoms with Gasteiger partial charge in [0.2, 0.25) is 0 Å². The Morgan fingerprint density at radius 3 is 0.371 bits per heavy atom. The zero-order chi connectivity index (χ0) is 25.6. The number of halogens is 5. The van der Waals surface area contributed by atoms with Crippen molar-refractivity contribution in [2.75, 3.05) is 0 Å². The van der Waals surface area contributed by atoms with Crippen LogP contribution in [0.25, 0.3) is 0 Å². The molecule has 0 heterocycles. The highest BCUT2D eigenvalue weighted by molar-refractivity contribution is 6.31. The van der Waals surface area contributed by atoms with E-state index in [-0.39, 0.29) is 0 Å². The monoisotopic (exact) mass is 560 g/mol. The lowest BCUT2D eigenvalue weighted by Gasteiger charge is -1.80. The molecule has 0 fully saturated rings. The molecular formula is C30H25Cl5. The summed E-state index contributed by atoms with van der Waals surface area (Å²) in [7, 11) is 0. The molecule has 0 bridgehead atoms. The van der Waals surface area contributed by atoms with Crippen LogP contribution < -0.4 is 0 Å². The van der Waals surface area contributed by atoms with Gasteiger partial charge in [0.25, 0.3) is 0 Å². The van der Waals surface area contributed by atoms with Crippen molar-refractivity contribution >= 4 is 58.0 Å². The van der Waals surface area contributed by atoms with Gasteiger partial charge in [-0.15, -0.1) is 0 Å². The minimum atomic E-state index is 0.794. The van der Waals surface area contributed by atoms with Gasteiger partial charge in [-0.3, -0.25) is 0 Å². The Balaban J connectivity index is 0.000000219. The van der Waals surface area contributed by atoms with E-state index in [1.165, 1.54) is 0 Å². The summed E-state index contributed by atoms with van der Waals surface area (Å²) in [4.78, 5) is 0. The van der Waals surface area contributed by atoms with E-state index in [9.17, 15) is 0 Å². The molecule has 0 aliphatic rings. The predicted molar refractivity (Wildman–Crippen MR) is 157 cm³/mol. The average Bonchev–Trinajstić information content (AvgIpc) is 2.88. The molecule has 5 aromatic carbocycles. The molecule has 0 nitrogen and oxygen atoms in total. The molecule has 0 saturated carbocycles. The summed E-state index contributed by atoms with van der Waals surface area (Å²) in [5.41, 5.74) is 0. The summed E-state index contributed by atoms with van der Waals surface area (Å²) in [5, 5.41) is 3.97. The van der Waals surface area contributed by atoms with E-state index in [2.05, 4.69) is 0 Å². The second-order valence-electron chi connectivity index (χ2n) is 6.48. The van der Waals surface area contributed by atoms with Crippen LogP contribution in [0.1, 0.15) is 0 Å². The predicted octanol–water partition coefficient (Wildman–Crippen LogP) is 11.7. The smallest absolute Gasteiger partial charge is 0.0405 e. The van der Waals surface area contributed by atoms with Gasteiger partial charge < -0.3 is 0 Å². The molecule has 180 valence electrons. The molecule has 35 heavy (non-hydrogen) atoms. The third kappa shape index (κ3) is 19.5. The molecular weight excluding hydrogens is 538 g/mol. The lowest BCUT2D eigenvalue weighted by atomic mass is 10.4. The van der Waals surface area contributed by atoms with E-state index < -0.39 is 0 Å². The summed E-state index contributed by atoms with van der Waals surface area (Å²) >= 11 is 27.7. The molecule has 0 spiro atoms. The molecule has 0 unspecified atom stereocenters. The first-order chi connectivity index (χ1) is 17.0. The Kier molecular flexibility index (Phi) is 18.2. The lowest BCUT2D eigenvalue weighted by molar-refractivity contribution is 1.71. The Labute approximate surface area is 233 Å². The van der Waals surface area contributed by atoms with E-state index >= 15 is 0 Å². The largest absolute Gasteiger partial charge is 0.0843 e. The highest BCUT2D eigenvalue weighted by Crippen LogP contribution is 2.06. The first-order valence-electron chi connectivity index (χ1n) is 10.5. The number of hydrogen-bond donors (Lipinski definition) is 0. The summed E-state index contributed by atoms with van der Waals surface area (Å²) in [5.74, 6) is 0. The highest BCUT2D eigenvalue weighted by atomic mass is 35.5. The van der Waals surface area contributed by atoms with Crippen LogP contribution in [-0.4, -0.2) is 0 Å². The Hall–Kier alpha value is -2.45. The maximum absolute atomic E-state index is 5.54. The lowest BCUT2D eigenvalue weighted by Crippen LogP contribution is -1.55. The molecule has 0 saturated heterocycles. The zero-order valence-corrected chi connectivity index (χ0v) is 22.6. The Bertz CT molecular complexity index is 888. The topological polar surface area (TPSA) is 0 Å². The number of hydrogen-bond acceptors (Lipinski definition) is 0. The van der Waals surface area contributed by atoms with Crippen LogP contribution in [0, 0.1) is 0 Å². The van der Waals surface area contributed by atoms with Crippen molar-refractivity contribution < 1.29 is 0 Å². The van der Waals surface area contributed by atoms with Crippen LogP contribution in [0.15, 0.2) is 152 Å². The summed E-state index contributed by atoms with van der Waals surface area (Å²) in [6.07, 6.45) is 0. The van der Waals surface area contributed by atoms with Crippen LogP contribution in [0.3, 0.4) is 0 Å². The van der Waals surface area contributed by atoms with Gasteiger partial charge in [-0.25, -0.2) is 0 Å². The molecule has 0 atom stereocenters. The Morgan fingerprint density at radius 1 is 0.200 bits per heavy atom. The van der Waals surface area contributed by atoms with E-state index in [0.29, 0.717) is 0 Å². The van der Waals surface area contributed by atoms with E-state index in [4.69, 9.17) is 58.0 Å². The molecule has 0 aliphatic heterocycles. The first kappa shape index (κ1) is 30.6. The SMILES string of the molecule is Clc1ccccc1.Clc1ccccc1.Clc1ccccc1.Clc1ccccc1.Clc1ccccc1. The molecule has 0 radical (unpaired) electrons. The van der Waals surface area contributed by atoms with Crippen LogP contribution in [0.2, 0.25) is 25.1 Å². The number of rotatable bonds is 0. The van der Waals surface area contributed by atoms with Crippen molar-refractivity contribution in [2.24, 2.45) is 0 Å². The molecule has 0 aromatic heterocycles. The normalized spacial score (nSPS) is 8.71. The first-order valence-corrected chi connectivity index (χ1v) is 12.4. The maximum atomic E-state index is 5.54. The standard InChI is InChI=1S/5C6H5Cl/c5*7-6-4-2-1-3-5-6/h5*1-5H. The minimum Gasteiger partial charge on any atom is -0.0843 e. The van der Waals surface area contributed by atoms with Crippen molar-refractivity contribution in [2.45, 2.75) is 0 Å². The van der Waals surface area contributed by atoms with Crippen LogP contribution in [-0.2, 0) is 0 Å². The summed E-state index contributed by atoms with van der Waals surface area (Å²) in [6.45, 7) is 0. The quantitative estimate of drug-likeness (QED) is 0.176. The maximum Gasteiger partial charge on any atom is 0.0405 e. The average molecular weight is 563 g/mol. The van der Waals surface area contributed by atoms with E-state index in [1.54, 1.807) is 0 Å². The molecule has 0 N–H and O–H groups in total. The van der Waals surface area contributed by atoms with E-state index in [1.807, 2.05) is 152 Å². The Morgan fingerprint density at radius 2 is 0.314 bits per heavy atom. The van der Waals surface area contributed by atoms with Crippen molar-refractivity contribution in [1.29, 1.82) is 0 Å². The molecule has 0 aliphatic carbocycles. The minimum absolute atomic E-state index is 0.794. The number of benzene rings is 5. The molecule has 5 aromatic rings. The van der Waals surface area contributed by atoms with Crippen LogP contribution in [0.4, 0.5) is 0 Å². The van der Waals surface area contributed by atoms with Crippen molar-refractivity contribution in [3.63, 3.8) is 0 Å². The van der Waals surface area contributed by atoms with Gasteiger partial charge in [0.05, 0.1) is 0 Å². The fraction of sp³-hybridized carbons (Fsp3) is 0. The molecule has 0 amide bonds. The van der Waals surface area contributed by atoms with Crippen LogP contribution in [0.5, 0.6) is 0 Å². The van der Waals surface area contributed by atoms with E-state index in [0.717, 1.165) is 25.1 Å². The third-order valence-corrected chi connectivity index (χ3v) is 4.93. The highest BCUT2D eigenvalue weighted by Gasteiger charge is 1.77. The van der Waals surface area contributed by atoms with Crippen molar-refractivity contribution in [3.05, 3.63) is 177 Å². The fourth-order valence-corrected chi connectivity index (χ4v) is 2.80. The van der Waals surface area contributed by atoms with Gasteiger partial charge in [-0.05, 0) is 60.7 Å². The van der Waals surface area contributed by atoms with Gasteiger partial charge >= 0.3 is 0 Å². The second kappa shape index (κ2) is 20.9. The summed E-state index contributed by atoms with van der Waals surface area (Å²) in [6, 6.07) is 47.2. The van der Waals surface area contributed by atoms with Gasteiger partial charge in [-0.1, -0.05) is 149 Å². The second-order valence-corrected chi connectivity index (χ2v) is 8.66. The molecule has 5 rings (SSSR count). The molecule has 5 heteroatoms. The fourth-order valence-electron chi connectivity index (χ4n) is 2.07. The third-order valence-electron chi connectivity index (χ3n) is 3.67. The van der Waals surface area contributed by atoms with Crippen LogP contribution >= 0.6 is 58.0 Å². The zero-order valence-electron chi connectivity index (χ0n) is 18.8. The summed E-state index contributed by atoms with van der Waals surface area (Å²) < 4.78 is 0. The van der Waals surface area contributed by atoms with Gasteiger partial charge in [-0.2, -0.15) is 0 Å². The van der Waals surface area contributed by atoms with Crippen molar-refractivity contribution in [3.8, 4) is 0 Å². The van der Waals surface area contributed by atoms with Crippen molar-refractivity contribution in [1.82, 2.24) is 0 Å².